The third-order valence-electron chi connectivity index (χ3n) is 4.52. The Labute approximate surface area is 163 Å². The van der Waals surface area contributed by atoms with Gasteiger partial charge in [0.15, 0.2) is 5.82 Å². The van der Waals surface area contributed by atoms with Crippen LogP contribution in [0.1, 0.15) is 24.3 Å². The minimum atomic E-state index is -0.682. The number of nitrogens with zero attached hydrogens (tertiary/aromatic N) is 3. The van der Waals surface area contributed by atoms with Gasteiger partial charge in [-0.2, -0.15) is 0 Å². The first-order valence-corrected chi connectivity index (χ1v) is 8.91. The van der Waals surface area contributed by atoms with Crippen LogP contribution in [0.25, 0.3) is 0 Å². The van der Waals surface area contributed by atoms with Gasteiger partial charge in [-0.1, -0.05) is 11.2 Å². The number of urea groups is 1. The molecule has 1 aliphatic heterocycles. The number of aryl methyl sites for hydroxylation is 1. The van der Waals surface area contributed by atoms with Crippen molar-refractivity contribution in [3.05, 3.63) is 57.1 Å². The molecule has 0 bridgehead atoms. The molecule has 0 spiro atoms. The molecule has 2 aromatic rings. The van der Waals surface area contributed by atoms with Crippen LogP contribution in [-0.2, 0) is 4.79 Å². The molecule has 7 nitrogen and oxygen atoms in total. The molecule has 1 atom stereocenters. The highest BCUT2D eigenvalue weighted by atomic mass is 79.9. The maximum absolute atomic E-state index is 13.7. The second-order valence-corrected chi connectivity index (χ2v) is 7.16. The van der Waals surface area contributed by atoms with Crippen LogP contribution >= 0.6 is 15.9 Å². The van der Waals surface area contributed by atoms with E-state index in [9.17, 15) is 14.0 Å². The maximum atomic E-state index is 13.7. The van der Waals surface area contributed by atoms with Crippen molar-refractivity contribution in [2.75, 3.05) is 19.4 Å². The fourth-order valence-corrected chi connectivity index (χ4v) is 3.43. The lowest BCUT2D eigenvalue weighted by atomic mass is 9.93. The summed E-state index contributed by atoms with van der Waals surface area (Å²) in [7, 11) is 3.19. The van der Waals surface area contributed by atoms with Crippen molar-refractivity contribution in [1.29, 1.82) is 0 Å². The van der Waals surface area contributed by atoms with Crippen molar-refractivity contribution in [2.24, 2.45) is 0 Å². The van der Waals surface area contributed by atoms with Gasteiger partial charge in [0.25, 0.3) is 5.91 Å². The van der Waals surface area contributed by atoms with E-state index in [0.29, 0.717) is 22.6 Å². The molecule has 142 valence electrons. The largest absolute Gasteiger partial charge is 0.360 e. The number of halogens is 2. The zero-order chi connectivity index (χ0) is 19.9. The first kappa shape index (κ1) is 19.1. The summed E-state index contributed by atoms with van der Waals surface area (Å²) in [6.07, 6.45) is 0. The Balaban J connectivity index is 2.08. The van der Waals surface area contributed by atoms with E-state index in [1.807, 2.05) is 0 Å². The fourth-order valence-electron chi connectivity index (χ4n) is 3.03. The van der Waals surface area contributed by atoms with Gasteiger partial charge < -0.3 is 19.6 Å². The van der Waals surface area contributed by atoms with Crippen LogP contribution in [0, 0.1) is 12.7 Å². The Hall–Kier alpha value is -2.68. The Morgan fingerprint density at radius 3 is 2.59 bits per heavy atom. The highest BCUT2D eigenvalue weighted by Gasteiger charge is 2.38. The zero-order valence-electron chi connectivity index (χ0n) is 15.2. The predicted molar refractivity (Wildman–Crippen MR) is 100 cm³/mol. The molecule has 2 heterocycles. The highest BCUT2D eigenvalue weighted by molar-refractivity contribution is 9.10. The highest BCUT2D eigenvalue weighted by Crippen LogP contribution is 2.37. The normalized spacial score (nSPS) is 17.6. The topological polar surface area (TPSA) is 78.7 Å². The number of carbonyl (C=O) groups excluding carboxylic acids is 2. The first-order chi connectivity index (χ1) is 12.7. The van der Waals surface area contributed by atoms with Gasteiger partial charge in [-0.15, -0.1) is 0 Å². The van der Waals surface area contributed by atoms with Crippen LogP contribution in [0.15, 0.2) is 44.5 Å². The van der Waals surface area contributed by atoms with E-state index in [0.717, 1.165) is 0 Å². The van der Waals surface area contributed by atoms with Crippen molar-refractivity contribution in [1.82, 2.24) is 15.0 Å². The Bertz CT molecular complexity index is 956. The molecule has 1 unspecified atom stereocenters. The monoisotopic (exact) mass is 436 g/mol. The second-order valence-electron chi connectivity index (χ2n) is 6.30. The van der Waals surface area contributed by atoms with Crippen LogP contribution in [0.4, 0.5) is 15.0 Å². The lowest BCUT2D eigenvalue weighted by Gasteiger charge is -2.39. The summed E-state index contributed by atoms with van der Waals surface area (Å²) in [4.78, 5) is 28.4. The lowest BCUT2D eigenvalue weighted by Crippen LogP contribution is -2.47. The number of anilines is 1. The molecular weight excluding hydrogens is 419 g/mol. The van der Waals surface area contributed by atoms with Crippen LogP contribution < -0.4 is 5.32 Å². The Morgan fingerprint density at radius 2 is 2.00 bits per heavy atom. The van der Waals surface area contributed by atoms with Gasteiger partial charge in [0.1, 0.15) is 11.6 Å². The molecular formula is C18H18BrFN4O3. The summed E-state index contributed by atoms with van der Waals surface area (Å²) in [6, 6.07) is 5.06. The smallest absolute Gasteiger partial charge is 0.324 e. The van der Waals surface area contributed by atoms with E-state index in [1.54, 1.807) is 46.1 Å². The third kappa shape index (κ3) is 3.46. The third-order valence-corrected chi connectivity index (χ3v) is 5.12. The Kier molecular flexibility index (Phi) is 5.05. The number of allylic oxidation sites excluding steroid dienone is 1. The zero-order valence-corrected chi connectivity index (χ0v) is 16.8. The number of rotatable bonds is 3. The summed E-state index contributed by atoms with van der Waals surface area (Å²) < 4.78 is 18.9. The number of hydrogen-bond donors (Lipinski definition) is 1. The summed E-state index contributed by atoms with van der Waals surface area (Å²) in [5, 5.41) is 6.46. The second kappa shape index (κ2) is 7.15. The van der Waals surface area contributed by atoms with E-state index in [2.05, 4.69) is 26.4 Å². The number of benzene rings is 1. The molecule has 1 aliphatic rings. The SMILES string of the molecule is CC1=C(C(=O)Nc2cc(C)on2)C(c2ccc(F)c(Br)c2)N(C)C(=O)N1C. The minimum Gasteiger partial charge on any atom is -0.360 e. The number of hydrogen-bond acceptors (Lipinski definition) is 4. The Morgan fingerprint density at radius 1 is 1.30 bits per heavy atom. The molecule has 9 heteroatoms. The predicted octanol–water partition coefficient (Wildman–Crippen LogP) is 3.84. The maximum Gasteiger partial charge on any atom is 0.324 e. The number of amides is 3. The van der Waals surface area contributed by atoms with Crippen molar-refractivity contribution in [2.45, 2.75) is 19.9 Å². The quantitative estimate of drug-likeness (QED) is 0.792. The van der Waals surface area contributed by atoms with Crippen molar-refractivity contribution >= 4 is 33.7 Å². The summed E-state index contributed by atoms with van der Waals surface area (Å²) in [5.41, 5.74) is 1.47. The minimum absolute atomic E-state index is 0.254. The molecule has 1 aromatic heterocycles. The van der Waals surface area contributed by atoms with Gasteiger partial charge in [-0.25, -0.2) is 9.18 Å². The molecule has 1 aromatic carbocycles. The van der Waals surface area contributed by atoms with Crippen molar-refractivity contribution < 1.29 is 18.5 Å². The van der Waals surface area contributed by atoms with E-state index in [1.165, 1.54) is 15.9 Å². The summed E-state index contributed by atoms with van der Waals surface area (Å²) in [5.74, 6) is -0.00926. The summed E-state index contributed by atoms with van der Waals surface area (Å²) in [6.45, 7) is 3.41. The van der Waals surface area contributed by atoms with Gasteiger partial charge in [-0.05, 0) is 47.5 Å². The van der Waals surface area contributed by atoms with Crippen LogP contribution in [0.2, 0.25) is 0 Å². The average Bonchev–Trinajstić information content (AvgIpc) is 3.03. The van der Waals surface area contributed by atoms with Crippen LogP contribution in [-0.4, -0.2) is 41.0 Å². The first-order valence-electron chi connectivity index (χ1n) is 8.11. The number of likely N-dealkylation sites (N-methyl/N-ethyl adjacent to an activating group) is 1. The lowest BCUT2D eigenvalue weighted by molar-refractivity contribution is -0.113. The van der Waals surface area contributed by atoms with E-state index < -0.39 is 17.8 Å². The standard InChI is InChI=1S/C18H18BrFN4O3/c1-9-7-14(22-27-9)21-17(25)15-10(2)23(3)18(26)24(4)16(15)11-5-6-13(20)12(19)8-11/h5-8,16H,1-4H3,(H,21,22,25). The molecule has 0 fully saturated rings. The van der Waals surface area contributed by atoms with Gasteiger partial charge in [0, 0.05) is 25.9 Å². The van der Waals surface area contributed by atoms with Gasteiger partial charge in [-0.3, -0.25) is 4.79 Å². The fraction of sp³-hybridized carbons (Fsp3) is 0.278. The van der Waals surface area contributed by atoms with E-state index in [4.69, 9.17) is 4.52 Å². The van der Waals surface area contributed by atoms with Crippen molar-refractivity contribution in [3.8, 4) is 0 Å². The van der Waals surface area contributed by atoms with Crippen LogP contribution in [0.5, 0.6) is 0 Å². The summed E-state index contributed by atoms with van der Waals surface area (Å²) >= 11 is 3.16. The van der Waals surface area contributed by atoms with Gasteiger partial charge in [0.05, 0.1) is 16.1 Å². The molecule has 0 aliphatic carbocycles. The van der Waals surface area contributed by atoms with E-state index >= 15 is 0 Å². The molecule has 0 radical (unpaired) electrons. The molecule has 0 saturated carbocycles. The average molecular weight is 437 g/mol. The van der Waals surface area contributed by atoms with Gasteiger partial charge in [0.2, 0.25) is 0 Å². The van der Waals surface area contributed by atoms with Gasteiger partial charge >= 0.3 is 6.03 Å². The van der Waals surface area contributed by atoms with Crippen LogP contribution in [0.3, 0.4) is 0 Å². The number of carbonyl (C=O) groups is 2. The molecule has 0 saturated heterocycles. The molecule has 3 amide bonds. The number of aromatic nitrogens is 1. The molecule has 3 rings (SSSR count). The van der Waals surface area contributed by atoms with Crippen molar-refractivity contribution in [3.63, 3.8) is 0 Å². The molecule has 1 N–H and O–H groups in total. The molecule has 27 heavy (non-hydrogen) atoms. The van der Waals surface area contributed by atoms with E-state index in [-0.39, 0.29) is 16.3 Å². The number of nitrogens with one attached hydrogen (secondary N) is 1.